The predicted octanol–water partition coefficient (Wildman–Crippen LogP) is 2.12. The van der Waals surface area contributed by atoms with Crippen molar-refractivity contribution in [3.63, 3.8) is 0 Å². The van der Waals surface area contributed by atoms with E-state index < -0.39 is 11.6 Å². The molecule has 0 atom stereocenters. The number of carboxylic acids is 1. The predicted molar refractivity (Wildman–Crippen MR) is 69.5 cm³/mol. The molecule has 0 aliphatic rings. The molecule has 19 heavy (non-hydrogen) atoms. The summed E-state index contributed by atoms with van der Waals surface area (Å²) < 4.78 is 10.3. The molecular weight excluding hydrogens is 248 g/mol. The molecule has 1 heterocycles. The van der Waals surface area contributed by atoms with Gasteiger partial charge < -0.3 is 14.3 Å². The molecule has 0 unspecified atom stereocenters. The lowest BCUT2D eigenvalue weighted by molar-refractivity contribution is -0.133. The molecule has 0 radical (unpaired) electrons. The lowest BCUT2D eigenvalue weighted by Gasteiger charge is -2.07. The van der Waals surface area contributed by atoms with Crippen LogP contribution in [0, 0.1) is 6.92 Å². The largest absolute Gasteiger partial charge is 0.489 e. The van der Waals surface area contributed by atoms with Gasteiger partial charge in [-0.25, -0.2) is 9.59 Å². The standard InChI is InChI=1S/C14H12O5/c1-8-5-13(15)19-12-6-10(3-4-11(8)12)18-7-9(2)14(16)17/h3-6H,2,7H2,1H3,(H,16,17). The molecule has 0 spiro atoms. The minimum absolute atomic E-state index is 0.0502. The second kappa shape index (κ2) is 4.97. The zero-order valence-electron chi connectivity index (χ0n) is 10.3. The van der Waals surface area contributed by atoms with Gasteiger partial charge in [0, 0.05) is 17.5 Å². The van der Waals surface area contributed by atoms with Crippen LogP contribution >= 0.6 is 0 Å². The van der Waals surface area contributed by atoms with Crippen molar-refractivity contribution < 1.29 is 19.1 Å². The van der Waals surface area contributed by atoms with Crippen LogP contribution in [0.15, 0.2) is 45.6 Å². The highest BCUT2D eigenvalue weighted by Crippen LogP contribution is 2.22. The van der Waals surface area contributed by atoms with Gasteiger partial charge in [0.1, 0.15) is 17.9 Å². The lowest BCUT2D eigenvalue weighted by atomic mass is 10.1. The van der Waals surface area contributed by atoms with E-state index >= 15 is 0 Å². The molecule has 0 aliphatic heterocycles. The van der Waals surface area contributed by atoms with Gasteiger partial charge in [-0.1, -0.05) is 6.58 Å². The second-order valence-corrected chi connectivity index (χ2v) is 4.10. The number of carboxylic acid groups (broad SMARTS) is 1. The summed E-state index contributed by atoms with van der Waals surface area (Å²) in [6.07, 6.45) is 0. The van der Waals surface area contributed by atoms with E-state index in [0.29, 0.717) is 11.3 Å². The Morgan fingerprint density at radius 1 is 1.42 bits per heavy atom. The summed E-state index contributed by atoms with van der Waals surface area (Å²) in [6.45, 7) is 5.05. The Morgan fingerprint density at radius 2 is 2.16 bits per heavy atom. The first-order valence-corrected chi connectivity index (χ1v) is 5.56. The van der Waals surface area contributed by atoms with Crippen molar-refractivity contribution in [1.82, 2.24) is 0 Å². The third-order valence-electron chi connectivity index (χ3n) is 2.64. The number of hydrogen-bond acceptors (Lipinski definition) is 4. The number of rotatable bonds is 4. The third-order valence-corrected chi connectivity index (χ3v) is 2.64. The van der Waals surface area contributed by atoms with E-state index in [4.69, 9.17) is 14.3 Å². The summed E-state index contributed by atoms with van der Waals surface area (Å²) in [4.78, 5) is 21.9. The number of aryl methyl sites for hydroxylation is 1. The zero-order valence-corrected chi connectivity index (χ0v) is 10.3. The van der Waals surface area contributed by atoms with Crippen LogP contribution in [0.4, 0.5) is 0 Å². The summed E-state index contributed by atoms with van der Waals surface area (Å²) in [7, 11) is 0. The molecule has 5 heteroatoms. The van der Waals surface area contributed by atoms with Gasteiger partial charge >= 0.3 is 11.6 Å². The van der Waals surface area contributed by atoms with E-state index in [-0.39, 0.29) is 12.2 Å². The summed E-state index contributed by atoms with van der Waals surface area (Å²) in [5, 5.41) is 9.47. The van der Waals surface area contributed by atoms with Crippen molar-refractivity contribution in [2.45, 2.75) is 6.92 Å². The van der Waals surface area contributed by atoms with E-state index in [9.17, 15) is 9.59 Å². The van der Waals surface area contributed by atoms with E-state index in [2.05, 4.69) is 6.58 Å². The maximum absolute atomic E-state index is 11.3. The van der Waals surface area contributed by atoms with E-state index in [1.807, 2.05) is 6.92 Å². The average molecular weight is 260 g/mol. The van der Waals surface area contributed by atoms with Crippen molar-refractivity contribution >= 4 is 16.9 Å². The van der Waals surface area contributed by atoms with Crippen molar-refractivity contribution in [2.75, 3.05) is 6.61 Å². The smallest absolute Gasteiger partial charge is 0.336 e. The topological polar surface area (TPSA) is 76.7 Å². The third kappa shape index (κ3) is 2.82. The Hall–Kier alpha value is -2.56. The van der Waals surface area contributed by atoms with Crippen molar-refractivity contribution in [1.29, 1.82) is 0 Å². The molecule has 0 saturated carbocycles. The molecule has 0 fully saturated rings. The molecule has 1 aromatic heterocycles. The number of carbonyl (C=O) groups is 1. The molecule has 0 bridgehead atoms. The molecule has 1 N–H and O–H groups in total. The van der Waals surface area contributed by atoms with Gasteiger partial charge in [0.25, 0.3) is 0 Å². The summed E-state index contributed by atoms with van der Waals surface area (Å²) >= 11 is 0. The van der Waals surface area contributed by atoms with Crippen LogP contribution in [-0.2, 0) is 4.79 Å². The van der Waals surface area contributed by atoms with Gasteiger partial charge in [0.15, 0.2) is 0 Å². The highest BCUT2D eigenvalue weighted by Gasteiger charge is 2.07. The van der Waals surface area contributed by atoms with E-state index in [1.54, 1.807) is 18.2 Å². The van der Waals surface area contributed by atoms with Crippen LogP contribution in [0.5, 0.6) is 5.75 Å². The number of hydrogen-bond donors (Lipinski definition) is 1. The summed E-state index contributed by atoms with van der Waals surface area (Å²) in [6, 6.07) is 6.41. The highest BCUT2D eigenvalue weighted by atomic mass is 16.5. The Labute approximate surface area is 108 Å². The monoisotopic (exact) mass is 260 g/mol. The highest BCUT2D eigenvalue weighted by molar-refractivity contribution is 5.86. The van der Waals surface area contributed by atoms with Crippen molar-refractivity contribution in [3.8, 4) is 5.75 Å². The molecule has 1 aromatic carbocycles. The normalized spacial score (nSPS) is 10.4. The first-order chi connectivity index (χ1) is 8.97. The zero-order chi connectivity index (χ0) is 14.0. The van der Waals surface area contributed by atoms with Crippen molar-refractivity contribution in [2.24, 2.45) is 0 Å². The fourth-order valence-corrected chi connectivity index (χ4v) is 1.63. The number of ether oxygens (including phenoxy) is 1. The number of benzene rings is 1. The quantitative estimate of drug-likeness (QED) is 0.673. The Kier molecular flexibility index (Phi) is 3.37. The lowest BCUT2D eigenvalue weighted by Crippen LogP contribution is -2.08. The molecule has 98 valence electrons. The second-order valence-electron chi connectivity index (χ2n) is 4.10. The van der Waals surface area contributed by atoms with Crippen LogP contribution in [0.1, 0.15) is 5.56 Å². The van der Waals surface area contributed by atoms with Gasteiger partial charge in [0.2, 0.25) is 0 Å². The van der Waals surface area contributed by atoms with E-state index in [0.717, 1.165) is 10.9 Å². The first kappa shape index (κ1) is 12.9. The van der Waals surface area contributed by atoms with Gasteiger partial charge in [-0.2, -0.15) is 0 Å². The first-order valence-electron chi connectivity index (χ1n) is 5.56. The molecule has 2 rings (SSSR count). The van der Waals surface area contributed by atoms with Gasteiger partial charge in [0.05, 0.1) is 5.57 Å². The summed E-state index contributed by atoms with van der Waals surface area (Å²) in [5.41, 5.74) is 0.735. The average Bonchev–Trinajstić information content (AvgIpc) is 2.35. The molecule has 0 amide bonds. The Bertz CT molecular complexity index is 711. The van der Waals surface area contributed by atoms with Gasteiger partial charge in [-0.05, 0) is 24.6 Å². The molecule has 5 nitrogen and oxygen atoms in total. The van der Waals surface area contributed by atoms with Crippen LogP contribution < -0.4 is 10.4 Å². The maximum Gasteiger partial charge on any atom is 0.336 e. The van der Waals surface area contributed by atoms with Gasteiger partial charge in [-0.15, -0.1) is 0 Å². The molecule has 0 saturated heterocycles. The molecule has 2 aromatic rings. The minimum Gasteiger partial charge on any atom is -0.489 e. The van der Waals surface area contributed by atoms with Gasteiger partial charge in [-0.3, -0.25) is 0 Å². The number of fused-ring (bicyclic) bond motifs is 1. The molecule has 0 aliphatic carbocycles. The van der Waals surface area contributed by atoms with Crippen molar-refractivity contribution in [3.05, 3.63) is 52.4 Å². The Balaban J connectivity index is 2.29. The summed E-state index contributed by atoms with van der Waals surface area (Å²) in [5.74, 6) is -0.688. The fourth-order valence-electron chi connectivity index (χ4n) is 1.63. The molecular formula is C14H12O5. The van der Waals surface area contributed by atoms with Crippen LogP contribution in [-0.4, -0.2) is 17.7 Å². The number of aliphatic carboxylic acids is 1. The maximum atomic E-state index is 11.3. The minimum atomic E-state index is -1.11. The van der Waals surface area contributed by atoms with Crippen LogP contribution in [0.3, 0.4) is 0 Å². The fraction of sp³-hybridized carbons (Fsp3) is 0.143. The van der Waals surface area contributed by atoms with Crippen LogP contribution in [0.2, 0.25) is 0 Å². The van der Waals surface area contributed by atoms with E-state index in [1.165, 1.54) is 6.07 Å². The Morgan fingerprint density at radius 3 is 2.84 bits per heavy atom. The SMILES string of the molecule is C=C(COc1ccc2c(C)cc(=O)oc2c1)C(=O)O. The van der Waals surface area contributed by atoms with Crippen LogP contribution in [0.25, 0.3) is 11.0 Å².